The Morgan fingerprint density at radius 2 is 1.43 bits per heavy atom. The van der Waals surface area contributed by atoms with Gasteiger partial charge in [-0.3, -0.25) is 34.8 Å². The van der Waals surface area contributed by atoms with Gasteiger partial charge in [-0.2, -0.15) is 0 Å². The van der Waals surface area contributed by atoms with Crippen LogP contribution in [-0.4, -0.2) is 77.3 Å². The fraction of sp³-hybridized carbons (Fsp3) is 0.455. The van der Waals surface area contributed by atoms with Crippen LogP contribution in [0.3, 0.4) is 0 Å². The third-order valence-electron chi connectivity index (χ3n) is 4.70. The number of phenolic OH excluding ortho intramolecular Hbond substituents is 1. The van der Waals surface area contributed by atoms with Gasteiger partial charge in [0.15, 0.2) is 29.7 Å². The molecule has 0 radical (unpaired) electrons. The van der Waals surface area contributed by atoms with Crippen molar-refractivity contribution in [1.29, 1.82) is 0 Å². The lowest BCUT2D eigenvalue weighted by atomic mass is 9.97. The zero-order valence-electron chi connectivity index (χ0n) is 20.3. The average Bonchev–Trinajstić information content (AvgIpc) is 2.79. The number of aromatic hydroxyl groups is 1. The summed E-state index contributed by atoms with van der Waals surface area (Å²) in [5.74, 6) is -3.99. The van der Waals surface area contributed by atoms with Gasteiger partial charge in [-0.25, -0.2) is 0 Å². The number of benzene rings is 1. The van der Waals surface area contributed by atoms with Gasteiger partial charge in [0.25, 0.3) is 5.91 Å². The first-order valence-corrected chi connectivity index (χ1v) is 11.2. The topological polar surface area (TPSA) is 188 Å². The van der Waals surface area contributed by atoms with Crippen molar-refractivity contribution in [3.05, 3.63) is 29.8 Å². The summed E-state index contributed by atoms with van der Waals surface area (Å²) in [6, 6.07) is 5.78. The first-order valence-electron chi connectivity index (χ1n) is 10.8. The first kappa shape index (κ1) is 29.3. The molecule has 0 unspecified atom stereocenters. The predicted molar refractivity (Wildman–Crippen MR) is 126 cm³/mol. The monoisotopic (exact) mass is 541 g/mol. The van der Waals surface area contributed by atoms with E-state index >= 15 is 0 Å². The van der Waals surface area contributed by atoms with E-state index in [1.165, 1.54) is 18.2 Å². The van der Waals surface area contributed by atoms with Gasteiger partial charge >= 0.3 is 23.9 Å². The van der Waals surface area contributed by atoms with Gasteiger partial charge in [0.1, 0.15) is 18.5 Å². The van der Waals surface area contributed by atoms with Crippen LogP contribution in [0, 0.1) is 0 Å². The van der Waals surface area contributed by atoms with E-state index in [9.17, 15) is 29.1 Å². The molecule has 14 nitrogen and oxygen atoms in total. The van der Waals surface area contributed by atoms with E-state index in [1.807, 2.05) is 0 Å². The van der Waals surface area contributed by atoms with Gasteiger partial charge < -0.3 is 34.1 Å². The highest BCUT2D eigenvalue weighted by atomic mass is 32.1. The molecule has 0 aromatic heterocycles. The Kier molecular flexibility index (Phi) is 10.6. The number of hydrogen-bond acceptors (Lipinski definition) is 12. The minimum absolute atomic E-state index is 0.0369. The summed E-state index contributed by atoms with van der Waals surface area (Å²) in [6.07, 6.45) is -6.63. The highest BCUT2D eigenvalue weighted by Crippen LogP contribution is 2.28. The highest BCUT2D eigenvalue weighted by molar-refractivity contribution is 7.80. The van der Waals surface area contributed by atoms with Crippen molar-refractivity contribution in [2.24, 2.45) is 0 Å². The van der Waals surface area contributed by atoms with Crippen LogP contribution in [0.15, 0.2) is 24.3 Å². The van der Waals surface area contributed by atoms with Crippen molar-refractivity contribution in [1.82, 2.24) is 16.2 Å². The molecule has 1 fully saturated rings. The number of thiocarbonyl (C=S) groups is 1. The molecule has 0 spiro atoms. The molecule has 4 N–H and O–H groups in total. The number of hydrazine groups is 1. The van der Waals surface area contributed by atoms with E-state index in [4.69, 9.17) is 35.9 Å². The van der Waals surface area contributed by atoms with E-state index in [0.717, 1.165) is 27.7 Å². The fourth-order valence-corrected chi connectivity index (χ4v) is 3.52. The lowest BCUT2D eigenvalue weighted by molar-refractivity contribution is -0.254. The van der Waals surface area contributed by atoms with Gasteiger partial charge in [-0.05, 0) is 24.4 Å². The molecule has 1 saturated heterocycles. The number of phenols is 1. The van der Waals surface area contributed by atoms with Crippen molar-refractivity contribution >= 4 is 47.1 Å². The number of nitrogens with one attached hydrogen (secondary N) is 3. The van der Waals surface area contributed by atoms with Crippen molar-refractivity contribution in [2.45, 2.75) is 58.3 Å². The van der Waals surface area contributed by atoms with Crippen LogP contribution >= 0.6 is 12.2 Å². The van der Waals surface area contributed by atoms with Crippen LogP contribution in [-0.2, 0) is 42.9 Å². The summed E-state index contributed by atoms with van der Waals surface area (Å²) in [6.45, 7) is 4.02. The lowest BCUT2D eigenvalue weighted by Crippen LogP contribution is -2.67. The van der Waals surface area contributed by atoms with Gasteiger partial charge in [-0.15, -0.1) is 0 Å². The minimum atomic E-state index is -1.40. The SMILES string of the molecule is CC(=O)OC[C@@H]1O[C@H](NC(=S)NNC(=O)c2ccccc2O)[C@H](OC(C)=O)[C@H](OC(C)=O)[C@H]1OC(C)=O. The summed E-state index contributed by atoms with van der Waals surface area (Å²) >= 11 is 5.17. The van der Waals surface area contributed by atoms with Crippen molar-refractivity contribution in [2.75, 3.05) is 6.61 Å². The van der Waals surface area contributed by atoms with E-state index in [1.54, 1.807) is 6.07 Å². The largest absolute Gasteiger partial charge is 0.507 e. The van der Waals surface area contributed by atoms with Crippen LogP contribution in [0.2, 0.25) is 0 Å². The van der Waals surface area contributed by atoms with Crippen LogP contribution in [0.25, 0.3) is 0 Å². The standard InChI is InChI=1S/C22H27N3O11S/c1-10(26)32-9-16-17(33-11(2)27)18(34-12(3)28)19(35-13(4)29)21(36-16)23-22(37)25-24-20(31)14-7-5-6-8-15(14)30/h5-8,16-19,21,30H,9H2,1-4H3,(H,24,31)(H2,23,25,37)/t16-,17-,18+,19+,21-/m0/s1. The predicted octanol–water partition coefficient (Wildman–Crippen LogP) is -0.416. The molecular formula is C22H27N3O11S. The van der Waals surface area contributed by atoms with Gasteiger partial charge in [0, 0.05) is 27.7 Å². The maximum absolute atomic E-state index is 12.3. The zero-order chi connectivity index (χ0) is 27.7. The second kappa shape index (κ2) is 13.4. The molecule has 0 saturated carbocycles. The van der Waals surface area contributed by atoms with Gasteiger partial charge in [0.2, 0.25) is 0 Å². The Hall–Kier alpha value is -3.98. The molecular weight excluding hydrogens is 514 g/mol. The molecule has 1 aliphatic rings. The molecule has 1 amide bonds. The number of hydrogen-bond donors (Lipinski definition) is 4. The first-order chi connectivity index (χ1) is 17.4. The summed E-state index contributed by atoms with van der Waals surface area (Å²) in [7, 11) is 0. The maximum Gasteiger partial charge on any atom is 0.303 e. The fourth-order valence-electron chi connectivity index (χ4n) is 3.36. The summed E-state index contributed by atoms with van der Waals surface area (Å²) in [4.78, 5) is 59.2. The Morgan fingerprint density at radius 3 is 2.00 bits per heavy atom. The molecule has 1 aromatic carbocycles. The van der Waals surface area contributed by atoms with Crippen LogP contribution in [0.4, 0.5) is 0 Å². The molecule has 5 atom stereocenters. The Morgan fingerprint density at radius 1 is 0.865 bits per heavy atom. The molecule has 202 valence electrons. The van der Waals surface area contributed by atoms with Gasteiger partial charge in [-0.1, -0.05) is 12.1 Å². The Bertz CT molecular complexity index is 1050. The third kappa shape index (κ3) is 8.88. The Balaban J connectivity index is 2.27. The van der Waals surface area contributed by atoms with Gasteiger partial charge in [0.05, 0.1) is 5.56 Å². The quantitative estimate of drug-likeness (QED) is 0.151. The molecule has 1 heterocycles. The van der Waals surface area contributed by atoms with Crippen molar-refractivity contribution in [3.63, 3.8) is 0 Å². The summed E-state index contributed by atoms with van der Waals surface area (Å²) in [5, 5.41) is 12.2. The average molecular weight is 542 g/mol. The van der Waals surface area contributed by atoms with E-state index in [-0.39, 0.29) is 16.4 Å². The molecule has 37 heavy (non-hydrogen) atoms. The van der Waals surface area contributed by atoms with Crippen LogP contribution in [0.5, 0.6) is 5.75 Å². The minimum Gasteiger partial charge on any atom is -0.507 e. The smallest absolute Gasteiger partial charge is 0.303 e. The molecule has 15 heteroatoms. The second-order valence-corrected chi connectivity index (χ2v) is 8.10. The van der Waals surface area contributed by atoms with E-state index in [0.29, 0.717) is 0 Å². The number of carbonyl (C=O) groups excluding carboxylic acids is 5. The lowest BCUT2D eigenvalue weighted by Gasteiger charge is -2.44. The van der Waals surface area contributed by atoms with Crippen molar-refractivity contribution < 1.29 is 52.8 Å². The molecule has 1 aliphatic heterocycles. The van der Waals surface area contributed by atoms with E-state index in [2.05, 4.69) is 16.2 Å². The number of carbonyl (C=O) groups is 5. The third-order valence-corrected chi connectivity index (χ3v) is 4.92. The Labute approximate surface area is 216 Å². The molecule has 1 aromatic rings. The van der Waals surface area contributed by atoms with Crippen LogP contribution < -0.4 is 16.2 Å². The van der Waals surface area contributed by atoms with E-state index < -0.39 is 67.0 Å². The normalized spacial score (nSPS) is 22.5. The van der Waals surface area contributed by atoms with Crippen molar-refractivity contribution in [3.8, 4) is 5.75 Å². The number of rotatable bonds is 7. The number of amides is 1. The number of para-hydroxylation sites is 1. The molecule has 2 rings (SSSR count). The molecule has 0 aliphatic carbocycles. The zero-order valence-corrected chi connectivity index (χ0v) is 21.2. The maximum atomic E-state index is 12.3. The molecule has 0 bridgehead atoms. The highest BCUT2D eigenvalue weighted by Gasteiger charge is 2.52. The van der Waals surface area contributed by atoms with Crippen LogP contribution in [0.1, 0.15) is 38.1 Å². The second-order valence-electron chi connectivity index (χ2n) is 7.69. The number of esters is 4. The summed E-state index contributed by atoms with van der Waals surface area (Å²) in [5.41, 5.74) is 4.64. The number of ether oxygens (including phenoxy) is 5. The summed E-state index contributed by atoms with van der Waals surface area (Å²) < 4.78 is 26.7.